The zero-order valence-electron chi connectivity index (χ0n) is 20.8. The summed E-state index contributed by atoms with van der Waals surface area (Å²) in [5.74, 6) is 1.46. The molecule has 0 aromatic rings. The Bertz CT molecular complexity index is 815. The molecule has 6 heteroatoms. The molecular weight excluding hydrogens is 418 g/mol. The molecule has 0 unspecified atom stereocenters. The van der Waals surface area contributed by atoms with E-state index in [0.29, 0.717) is 37.0 Å². The smallest absolute Gasteiger partial charge is 0.242 e. The molecule has 3 fully saturated rings. The van der Waals surface area contributed by atoms with E-state index in [2.05, 4.69) is 32.6 Å². The molecule has 3 rings (SSSR count). The van der Waals surface area contributed by atoms with E-state index < -0.39 is 23.9 Å². The Morgan fingerprint density at radius 1 is 1.27 bits per heavy atom. The first-order valence-electron chi connectivity index (χ1n) is 12.7. The van der Waals surface area contributed by atoms with Crippen molar-refractivity contribution < 1.29 is 20.2 Å². The molecule has 0 spiro atoms. The lowest BCUT2D eigenvalue weighted by molar-refractivity contribution is -0.573. The molecule has 7 atom stereocenters. The molecule has 6 nitrogen and oxygen atoms in total. The number of hydrogen-bond donors (Lipinski definition) is 3. The van der Waals surface area contributed by atoms with Crippen molar-refractivity contribution in [2.45, 2.75) is 109 Å². The quantitative estimate of drug-likeness (QED) is 0.367. The van der Waals surface area contributed by atoms with E-state index in [1.807, 2.05) is 0 Å². The molecule has 3 aliphatic rings. The molecule has 3 N–H and O–H groups in total. The van der Waals surface area contributed by atoms with Gasteiger partial charge >= 0.3 is 0 Å². The second kappa shape index (κ2) is 10.0. The molecule has 0 aromatic heterocycles. The van der Waals surface area contributed by atoms with Crippen LogP contribution in [0.1, 0.15) is 85.5 Å². The third-order valence-electron chi connectivity index (χ3n) is 9.17. The summed E-state index contributed by atoms with van der Waals surface area (Å²) in [5.41, 5.74) is 2.02. The van der Waals surface area contributed by atoms with Crippen molar-refractivity contribution in [3.8, 4) is 0 Å². The fourth-order valence-corrected chi connectivity index (χ4v) is 6.78. The maximum atomic E-state index is 11.3. The molecule has 33 heavy (non-hydrogen) atoms. The molecule has 0 aliphatic heterocycles. The van der Waals surface area contributed by atoms with Crippen molar-refractivity contribution in [3.05, 3.63) is 45.6 Å². The lowest BCUT2D eigenvalue weighted by Crippen LogP contribution is -2.44. The largest absolute Gasteiger partial charge is 0.393 e. The van der Waals surface area contributed by atoms with Gasteiger partial charge in [0.2, 0.25) is 5.54 Å². The number of nitro groups is 1. The Morgan fingerprint density at radius 2 is 1.97 bits per heavy atom. The van der Waals surface area contributed by atoms with Crippen molar-refractivity contribution in [1.29, 1.82) is 0 Å². The fourth-order valence-electron chi connectivity index (χ4n) is 6.78. The van der Waals surface area contributed by atoms with Crippen LogP contribution >= 0.6 is 0 Å². The molecule has 0 bridgehead atoms. The second-order valence-corrected chi connectivity index (χ2v) is 11.6. The molecule has 3 aliphatic carbocycles. The summed E-state index contributed by atoms with van der Waals surface area (Å²) in [5, 5.41) is 41.9. The standard InChI is InChI=1S/C27H43NO5/c1-17(8-13-25(31)26(3,4)28(32)33)22-11-12-23-19(7-6-14-27(22,23)5)9-10-20-15-21(29)16-24(30)18(20)2/h9-10,17,21-25,29-31H,2,6-8,11-16H2,1,3-5H3/b19-9+,20-10-/t17-,21-,22-,23+,24+,25-,27-/m1/s1. The summed E-state index contributed by atoms with van der Waals surface area (Å²) in [6.45, 7) is 11.7. The predicted octanol–water partition coefficient (Wildman–Crippen LogP) is 4.96. The number of nitrogens with zero attached hydrogens (tertiary/aromatic N) is 1. The van der Waals surface area contributed by atoms with Crippen LogP contribution in [0, 0.1) is 33.3 Å². The zero-order chi connectivity index (χ0) is 24.6. The lowest BCUT2D eigenvalue weighted by Gasteiger charge is -2.44. The number of hydrogen-bond acceptors (Lipinski definition) is 5. The topological polar surface area (TPSA) is 104 Å². The van der Waals surface area contributed by atoms with Crippen molar-refractivity contribution >= 4 is 0 Å². The summed E-state index contributed by atoms with van der Waals surface area (Å²) in [7, 11) is 0. The van der Waals surface area contributed by atoms with E-state index in [1.54, 1.807) is 0 Å². The zero-order valence-corrected chi connectivity index (χ0v) is 20.8. The van der Waals surface area contributed by atoms with Gasteiger partial charge in [0.05, 0.1) is 12.2 Å². The highest BCUT2D eigenvalue weighted by molar-refractivity contribution is 5.38. The van der Waals surface area contributed by atoms with Crippen molar-refractivity contribution in [2.24, 2.45) is 23.2 Å². The molecule has 0 aromatic carbocycles. The van der Waals surface area contributed by atoms with Gasteiger partial charge in [-0.2, -0.15) is 0 Å². The summed E-state index contributed by atoms with van der Waals surface area (Å²) in [6, 6.07) is 0. The van der Waals surface area contributed by atoms with E-state index >= 15 is 0 Å². The molecule has 0 amide bonds. The Balaban J connectivity index is 1.70. The van der Waals surface area contributed by atoms with Gasteiger partial charge in [0.1, 0.15) is 6.10 Å². The van der Waals surface area contributed by atoms with Crippen LogP contribution in [0.2, 0.25) is 0 Å². The van der Waals surface area contributed by atoms with Gasteiger partial charge in [0.25, 0.3) is 0 Å². The van der Waals surface area contributed by atoms with Crippen LogP contribution in [0.25, 0.3) is 0 Å². The van der Waals surface area contributed by atoms with Gasteiger partial charge in [-0.3, -0.25) is 10.1 Å². The number of aliphatic hydroxyl groups is 3. The average Bonchev–Trinajstić information content (AvgIpc) is 3.10. The number of allylic oxidation sites excluding steroid dienone is 3. The Hall–Kier alpha value is -1.50. The predicted molar refractivity (Wildman–Crippen MR) is 130 cm³/mol. The third kappa shape index (κ3) is 5.28. The maximum absolute atomic E-state index is 11.3. The van der Waals surface area contributed by atoms with Crippen LogP contribution in [0.3, 0.4) is 0 Å². The van der Waals surface area contributed by atoms with Crippen LogP contribution in [-0.4, -0.2) is 44.1 Å². The van der Waals surface area contributed by atoms with Crippen LogP contribution in [0.15, 0.2) is 35.5 Å². The van der Waals surface area contributed by atoms with E-state index in [9.17, 15) is 25.4 Å². The van der Waals surface area contributed by atoms with Crippen LogP contribution in [-0.2, 0) is 0 Å². The van der Waals surface area contributed by atoms with Crippen LogP contribution < -0.4 is 0 Å². The summed E-state index contributed by atoms with van der Waals surface area (Å²) >= 11 is 0. The van der Waals surface area contributed by atoms with Gasteiger partial charge < -0.3 is 15.3 Å². The molecule has 0 radical (unpaired) electrons. The number of fused-ring (bicyclic) bond motifs is 1. The second-order valence-electron chi connectivity index (χ2n) is 11.6. The summed E-state index contributed by atoms with van der Waals surface area (Å²) in [6.07, 6.45) is 10.0. The highest BCUT2D eigenvalue weighted by Gasteiger charge is 2.51. The lowest BCUT2D eigenvalue weighted by atomic mass is 9.60. The summed E-state index contributed by atoms with van der Waals surface area (Å²) in [4.78, 5) is 10.9. The minimum absolute atomic E-state index is 0.203. The Morgan fingerprint density at radius 3 is 2.64 bits per heavy atom. The monoisotopic (exact) mass is 461 g/mol. The number of aliphatic hydroxyl groups excluding tert-OH is 3. The first kappa shape index (κ1) is 26.1. The first-order chi connectivity index (χ1) is 15.4. The van der Waals surface area contributed by atoms with Gasteiger partial charge in [-0.15, -0.1) is 0 Å². The summed E-state index contributed by atoms with van der Waals surface area (Å²) < 4.78 is 0. The van der Waals surface area contributed by atoms with Crippen molar-refractivity contribution in [1.82, 2.24) is 0 Å². The van der Waals surface area contributed by atoms with Crippen molar-refractivity contribution in [2.75, 3.05) is 0 Å². The normalized spacial score (nSPS) is 37.2. The molecule has 0 saturated heterocycles. The molecule has 3 saturated carbocycles. The number of rotatable bonds is 7. The Kier molecular flexibility index (Phi) is 7.92. The maximum Gasteiger partial charge on any atom is 0.242 e. The fraction of sp³-hybridized carbons (Fsp3) is 0.778. The van der Waals surface area contributed by atoms with Gasteiger partial charge in [0.15, 0.2) is 0 Å². The minimum Gasteiger partial charge on any atom is -0.393 e. The molecular formula is C27H43NO5. The minimum atomic E-state index is -1.32. The highest BCUT2D eigenvalue weighted by atomic mass is 16.6. The highest BCUT2D eigenvalue weighted by Crippen LogP contribution is 2.60. The third-order valence-corrected chi connectivity index (χ3v) is 9.17. The van der Waals surface area contributed by atoms with E-state index in [-0.39, 0.29) is 10.3 Å². The molecule has 186 valence electrons. The van der Waals surface area contributed by atoms with Gasteiger partial charge in [-0.25, -0.2) is 0 Å². The van der Waals surface area contributed by atoms with E-state index in [0.717, 1.165) is 43.3 Å². The van der Waals surface area contributed by atoms with Gasteiger partial charge in [-0.1, -0.05) is 38.2 Å². The Labute approximate surface area is 198 Å². The van der Waals surface area contributed by atoms with Gasteiger partial charge in [-0.05, 0) is 85.7 Å². The average molecular weight is 462 g/mol. The van der Waals surface area contributed by atoms with E-state index in [4.69, 9.17) is 0 Å². The SMILES string of the molecule is C=C1/C(=C\C=C2/CCC[C@]3(C)[C@@H]([C@H](C)CC[C@@H](O)C(C)(C)[N+](=O)[O-])CC[C@@H]23)C[C@@H](O)C[C@@H]1O. The van der Waals surface area contributed by atoms with Crippen molar-refractivity contribution in [3.63, 3.8) is 0 Å². The molecule has 0 heterocycles. The van der Waals surface area contributed by atoms with E-state index in [1.165, 1.54) is 25.8 Å². The first-order valence-corrected chi connectivity index (χ1v) is 12.7. The van der Waals surface area contributed by atoms with Crippen LogP contribution in [0.5, 0.6) is 0 Å². The van der Waals surface area contributed by atoms with Gasteiger partial charge in [0, 0.05) is 25.2 Å². The van der Waals surface area contributed by atoms with Crippen LogP contribution in [0.4, 0.5) is 0 Å².